The number of esters is 1. The van der Waals surface area contributed by atoms with Gasteiger partial charge in [0.05, 0.1) is 5.56 Å². The van der Waals surface area contributed by atoms with E-state index in [1.807, 2.05) is 32.9 Å². The zero-order valence-electron chi connectivity index (χ0n) is 20.8. The monoisotopic (exact) mass is 488 g/mol. The van der Waals surface area contributed by atoms with E-state index in [0.717, 1.165) is 24.0 Å². The first-order valence-electron chi connectivity index (χ1n) is 11.8. The van der Waals surface area contributed by atoms with Crippen LogP contribution in [-0.4, -0.2) is 30.9 Å². The molecule has 9 nitrogen and oxygen atoms in total. The summed E-state index contributed by atoms with van der Waals surface area (Å²) in [4.78, 5) is 57.9. The quantitative estimate of drug-likeness (QED) is 0.300. The van der Waals surface area contributed by atoms with E-state index in [2.05, 4.69) is 9.97 Å². The topological polar surface area (TPSA) is 116 Å². The first-order valence-corrected chi connectivity index (χ1v) is 11.8. The lowest BCUT2D eigenvalue weighted by molar-refractivity contribution is 0.0457. The molecule has 0 fully saturated rings. The molecule has 2 heterocycles. The van der Waals surface area contributed by atoms with Crippen LogP contribution in [0.5, 0.6) is 0 Å². The second-order valence-corrected chi connectivity index (χ2v) is 8.79. The van der Waals surface area contributed by atoms with Crippen LogP contribution in [0.15, 0.2) is 52.1 Å². The number of hydrogen-bond donors (Lipinski definition) is 1. The predicted octanol–water partition coefficient (Wildman–Crippen LogP) is 3.43. The number of fused-ring (bicyclic) bond motifs is 1. The Morgan fingerprint density at radius 1 is 1.03 bits per heavy atom. The number of carbonyl (C=O) groups is 2. The van der Waals surface area contributed by atoms with Gasteiger partial charge in [-0.05, 0) is 38.0 Å². The standard InChI is InChI=1S/C27H28N4O5/c1-5-6-13-31-24-22(25(33)29-27(31)35)30(4)21(28-24)15-36-26(34)19-10-8-7-9-18(19)23(32)20-14-16(2)11-12-17(20)3/h7-12,14H,5-6,13,15H2,1-4H3,(H,29,33,35). The van der Waals surface area contributed by atoms with Crippen molar-refractivity contribution in [1.82, 2.24) is 19.1 Å². The van der Waals surface area contributed by atoms with Gasteiger partial charge in [0.25, 0.3) is 5.56 Å². The van der Waals surface area contributed by atoms with Gasteiger partial charge in [-0.25, -0.2) is 14.6 Å². The highest BCUT2D eigenvalue weighted by Gasteiger charge is 2.22. The van der Waals surface area contributed by atoms with Crippen LogP contribution in [0.25, 0.3) is 11.2 Å². The number of carbonyl (C=O) groups excluding carboxylic acids is 2. The molecule has 0 aliphatic heterocycles. The number of unbranched alkanes of at least 4 members (excludes halogenated alkanes) is 1. The fourth-order valence-electron chi connectivity index (χ4n) is 4.14. The number of ether oxygens (including phenoxy) is 1. The van der Waals surface area contributed by atoms with E-state index in [9.17, 15) is 19.2 Å². The van der Waals surface area contributed by atoms with Crippen molar-refractivity contribution in [3.8, 4) is 0 Å². The Kier molecular flexibility index (Phi) is 7.00. The summed E-state index contributed by atoms with van der Waals surface area (Å²) in [6.45, 7) is 5.92. The van der Waals surface area contributed by atoms with Crippen LogP contribution in [0.1, 0.15) is 63.0 Å². The van der Waals surface area contributed by atoms with Gasteiger partial charge in [-0.15, -0.1) is 0 Å². The van der Waals surface area contributed by atoms with Gasteiger partial charge in [0.1, 0.15) is 12.4 Å². The molecule has 0 aliphatic carbocycles. The molecule has 9 heteroatoms. The molecular formula is C27H28N4O5. The number of aromatic nitrogens is 4. The van der Waals surface area contributed by atoms with Crippen LogP contribution in [-0.2, 0) is 24.9 Å². The van der Waals surface area contributed by atoms with Crippen LogP contribution < -0.4 is 11.2 Å². The Morgan fingerprint density at radius 3 is 2.47 bits per heavy atom. The number of nitrogens with zero attached hydrogens (tertiary/aromatic N) is 3. The van der Waals surface area contributed by atoms with Gasteiger partial charge >= 0.3 is 11.7 Å². The molecular weight excluding hydrogens is 460 g/mol. The molecule has 2 aromatic heterocycles. The number of hydrogen-bond acceptors (Lipinski definition) is 6. The average Bonchev–Trinajstić information content (AvgIpc) is 3.19. The summed E-state index contributed by atoms with van der Waals surface area (Å²) < 4.78 is 8.45. The first-order chi connectivity index (χ1) is 17.2. The normalized spacial score (nSPS) is 11.1. The number of benzene rings is 2. The van der Waals surface area contributed by atoms with Crippen LogP contribution in [0.3, 0.4) is 0 Å². The average molecular weight is 489 g/mol. The molecule has 186 valence electrons. The summed E-state index contributed by atoms with van der Waals surface area (Å²) in [7, 11) is 1.63. The number of ketones is 1. The Hall–Kier alpha value is -4.27. The van der Waals surface area contributed by atoms with Crippen LogP contribution in [0.2, 0.25) is 0 Å². The van der Waals surface area contributed by atoms with E-state index >= 15 is 0 Å². The highest BCUT2D eigenvalue weighted by atomic mass is 16.5. The van der Waals surface area contributed by atoms with Crippen molar-refractivity contribution in [3.63, 3.8) is 0 Å². The minimum atomic E-state index is -0.686. The smallest absolute Gasteiger partial charge is 0.339 e. The zero-order valence-corrected chi connectivity index (χ0v) is 20.8. The number of imidazole rings is 1. The molecule has 0 unspecified atom stereocenters. The molecule has 0 bridgehead atoms. The van der Waals surface area contributed by atoms with Gasteiger partial charge in [0.15, 0.2) is 16.9 Å². The van der Waals surface area contributed by atoms with Gasteiger partial charge in [0.2, 0.25) is 0 Å². The molecule has 36 heavy (non-hydrogen) atoms. The predicted molar refractivity (Wildman–Crippen MR) is 135 cm³/mol. The maximum atomic E-state index is 13.3. The van der Waals surface area contributed by atoms with Crippen molar-refractivity contribution in [1.29, 1.82) is 0 Å². The highest BCUT2D eigenvalue weighted by molar-refractivity contribution is 6.15. The molecule has 0 amide bonds. The Morgan fingerprint density at radius 2 is 1.75 bits per heavy atom. The SMILES string of the molecule is CCCCn1c(=O)[nH]c(=O)c2c1nc(COC(=O)c1ccccc1C(=O)c1cc(C)ccc1C)n2C. The molecule has 4 aromatic rings. The third kappa shape index (κ3) is 4.64. The van der Waals surface area contributed by atoms with Gasteiger partial charge in [-0.3, -0.25) is 19.1 Å². The van der Waals surface area contributed by atoms with E-state index in [-0.39, 0.29) is 34.7 Å². The molecule has 0 aliphatic rings. The number of H-pyrrole nitrogens is 1. The maximum Gasteiger partial charge on any atom is 0.339 e. The zero-order chi connectivity index (χ0) is 26.0. The summed E-state index contributed by atoms with van der Waals surface area (Å²) in [5, 5.41) is 0. The minimum Gasteiger partial charge on any atom is -0.454 e. The summed E-state index contributed by atoms with van der Waals surface area (Å²) in [5.74, 6) is -0.649. The maximum absolute atomic E-state index is 13.3. The number of rotatable bonds is 8. The van der Waals surface area contributed by atoms with Gasteiger partial charge < -0.3 is 9.30 Å². The van der Waals surface area contributed by atoms with Gasteiger partial charge in [-0.1, -0.05) is 49.2 Å². The van der Waals surface area contributed by atoms with E-state index in [1.54, 1.807) is 37.4 Å². The fraction of sp³-hybridized carbons (Fsp3) is 0.296. The summed E-state index contributed by atoms with van der Waals surface area (Å²) in [5.41, 5.74) is 2.05. The second kappa shape index (κ2) is 10.2. The van der Waals surface area contributed by atoms with Crippen LogP contribution >= 0.6 is 0 Å². The van der Waals surface area contributed by atoms with Crippen molar-refractivity contribution in [2.45, 2.75) is 46.8 Å². The summed E-state index contributed by atoms with van der Waals surface area (Å²) in [6, 6.07) is 12.1. The lowest BCUT2D eigenvalue weighted by atomic mass is 9.94. The Balaban J connectivity index is 1.64. The largest absolute Gasteiger partial charge is 0.454 e. The van der Waals surface area contributed by atoms with Crippen molar-refractivity contribution in [3.05, 3.63) is 96.9 Å². The molecule has 2 aromatic carbocycles. The van der Waals surface area contributed by atoms with Crippen LogP contribution in [0.4, 0.5) is 0 Å². The van der Waals surface area contributed by atoms with Crippen molar-refractivity contribution in [2.24, 2.45) is 7.05 Å². The molecule has 1 N–H and O–H groups in total. The lowest BCUT2D eigenvalue weighted by Crippen LogP contribution is -2.31. The minimum absolute atomic E-state index is 0.139. The summed E-state index contributed by atoms with van der Waals surface area (Å²) in [6.07, 6.45) is 1.61. The highest BCUT2D eigenvalue weighted by Crippen LogP contribution is 2.20. The third-order valence-corrected chi connectivity index (χ3v) is 6.20. The molecule has 0 saturated heterocycles. The number of aromatic amines is 1. The number of nitrogens with one attached hydrogen (secondary N) is 1. The molecule has 0 saturated carbocycles. The van der Waals surface area contributed by atoms with E-state index in [0.29, 0.717) is 17.9 Å². The van der Waals surface area contributed by atoms with Crippen molar-refractivity contribution >= 4 is 22.9 Å². The molecule has 0 spiro atoms. The van der Waals surface area contributed by atoms with Gasteiger partial charge in [-0.2, -0.15) is 0 Å². The lowest BCUT2D eigenvalue weighted by Gasteiger charge is -2.11. The van der Waals surface area contributed by atoms with E-state index < -0.39 is 17.2 Å². The van der Waals surface area contributed by atoms with Crippen LogP contribution in [0, 0.1) is 13.8 Å². The summed E-state index contributed by atoms with van der Waals surface area (Å²) >= 11 is 0. The Bertz CT molecular complexity index is 1590. The first kappa shape index (κ1) is 24.8. The Labute approximate surface area is 207 Å². The molecule has 4 rings (SSSR count). The van der Waals surface area contributed by atoms with Crippen molar-refractivity contribution in [2.75, 3.05) is 0 Å². The molecule has 0 radical (unpaired) electrons. The fourth-order valence-corrected chi connectivity index (χ4v) is 4.14. The molecule has 0 atom stereocenters. The van der Waals surface area contributed by atoms with Gasteiger partial charge in [0, 0.05) is 24.7 Å². The third-order valence-electron chi connectivity index (χ3n) is 6.20. The van der Waals surface area contributed by atoms with E-state index in [1.165, 1.54) is 9.13 Å². The number of aryl methyl sites for hydroxylation is 4. The van der Waals surface area contributed by atoms with Crippen molar-refractivity contribution < 1.29 is 14.3 Å². The second-order valence-electron chi connectivity index (χ2n) is 8.79. The van der Waals surface area contributed by atoms with E-state index in [4.69, 9.17) is 4.74 Å².